The number of fused-ring (bicyclic) bond motifs is 1. The molecule has 6 nitrogen and oxygen atoms in total. The van der Waals surface area contributed by atoms with Gasteiger partial charge in [0.1, 0.15) is 0 Å². The van der Waals surface area contributed by atoms with Gasteiger partial charge in [0.2, 0.25) is 20.6 Å². The Morgan fingerprint density at radius 2 is 1.75 bits per heavy atom. The van der Waals surface area contributed by atoms with Gasteiger partial charge in [0.05, 0.1) is 22.9 Å². The van der Waals surface area contributed by atoms with Crippen molar-refractivity contribution in [3.63, 3.8) is 0 Å². The number of hydrogen-bond acceptors (Lipinski definition) is 5. The minimum Gasteiger partial charge on any atom is -0.315 e. The zero-order chi connectivity index (χ0) is 20.1. The van der Waals surface area contributed by atoms with E-state index in [1.54, 1.807) is 24.3 Å². The Kier molecular flexibility index (Phi) is 4.29. The molecular weight excluding hydrogens is 400 g/mol. The van der Waals surface area contributed by atoms with Gasteiger partial charge in [-0.05, 0) is 48.4 Å². The number of nitriles is 1. The molecule has 0 aliphatic carbocycles. The zero-order valence-electron chi connectivity index (χ0n) is 14.6. The molecule has 28 heavy (non-hydrogen) atoms. The van der Waals surface area contributed by atoms with Gasteiger partial charge < -0.3 is 4.90 Å². The first kappa shape index (κ1) is 18.7. The van der Waals surface area contributed by atoms with Crippen LogP contribution in [0.25, 0.3) is 0 Å². The number of nitrogens with zero attached hydrogens (tertiary/aromatic N) is 2. The monoisotopic (exact) mass is 414 g/mol. The highest BCUT2D eigenvalue weighted by Gasteiger charge is 2.70. The second-order valence-electron chi connectivity index (χ2n) is 7.00. The molecule has 2 aliphatic heterocycles. The Morgan fingerprint density at radius 3 is 2.32 bits per heavy atom. The fraction of sp³-hybridized carbons (Fsp3) is 0.250. The number of benzene rings is 2. The van der Waals surface area contributed by atoms with Crippen molar-refractivity contribution in [3.8, 4) is 6.07 Å². The van der Waals surface area contributed by atoms with Crippen LogP contribution in [-0.4, -0.2) is 36.4 Å². The molecule has 0 saturated carbocycles. The molecule has 2 heterocycles. The van der Waals surface area contributed by atoms with Crippen LogP contribution in [0.4, 0.5) is 0 Å². The molecule has 0 aromatic heterocycles. The van der Waals surface area contributed by atoms with Crippen LogP contribution in [0.2, 0.25) is 5.02 Å². The molecule has 0 N–H and O–H groups in total. The summed E-state index contributed by atoms with van der Waals surface area (Å²) in [6.45, 7) is 0.0739. The van der Waals surface area contributed by atoms with Crippen LogP contribution in [0.15, 0.2) is 53.4 Å². The molecule has 2 aliphatic rings. The predicted molar refractivity (Wildman–Crippen MR) is 101 cm³/mol. The number of rotatable bonds is 4. The van der Waals surface area contributed by atoms with Crippen molar-refractivity contribution in [3.05, 3.63) is 64.7 Å². The highest BCUT2D eigenvalue weighted by Crippen LogP contribution is 2.48. The number of β-lactam (4-membered cyclic amide) rings is 1. The van der Waals surface area contributed by atoms with E-state index < -0.39 is 26.4 Å². The molecule has 0 spiro atoms. The topological polar surface area (TPSA) is 95.3 Å². The summed E-state index contributed by atoms with van der Waals surface area (Å²) in [5.41, 5.74) is 1.31. The van der Waals surface area contributed by atoms with Crippen molar-refractivity contribution in [1.29, 1.82) is 5.26 Å². The van der Waals surface area contributed by atoms with Crippen molar-refractivity contribution >= 4 is 33.1 Å². The van der Waals surface area contributed by atoms with Crippen molar-refractivity contribution < 1.29 is 18.0 Å². The van der Waals surface area contributed by atoms with Crippen LogP contribution < -0.4 is 0 Å². The maximum Gasteiger partial charge on any atom is 0.228 e. The summed E-state index contributed by atoms with van der Waals surface area (Å²) in [5, 5.41) is 9.27. The quantitative estimate of drug-likeness (QED) is 0.715. The Balaban J connectivity index is 1.67. The number of halogens is 1. The molecule has 8 heteroatoms. The van der Waals surface area contributed by atoms with Gasteiger partial charge in [0.25, 0.3) is 0 Å². The van der Waals surface area contributed by atoms with E-state index in [1.165, 1.54) is 29.2 Å². The highest BCUT2D eigenvalue weighted by atomic mass is 35.5. The number of carbonyl (C=O) groups is 2. The van der Waals surface area contributed by atoms with Gasteiger partial charge in [-0.25, -0.2) is 8.42 Å². The third-order valence-corrected chi connectivity index (χ3v) is 8.02. The summed E-state index contributed by atoms with van der Waals surface area (Å²) < 4.78 is 26.5. The predicted octanol–water partition coefficient (Wildman–Crippen LogP) is 2.36. The van der Waals surface area contributed by atoms with E-state index in [-0.39, 0.29) is 23.8 Å². The lowest BCUT2D eigenvalue weighted by Crippen LogP contribution is -2.67. The van der Waals surface area contributed by atoms with Gasteiger partial charge in [-0.2, -0.15) is 5.26 Å². The average Bonchev–Trinajstić information content (AvgIpc) is 2.91. The fourth-order valence-electron chi connectivity index (χ4n) is 3.94. The van der Waals surface area contributed by atoms with Crippen LogP contribution in [0, 0.1) is 17.2 Å². The average molecular weight is 415 g/mol. The lowest BCUT2D eigenvalue weighted by Gasteiger charge is -2.44. The van der Waals surface area contributed by atoms with Crippen molar-refractivity contribution in [2.45, 2.75) is 22.6 Å². The first-order valence-corrected chi connectivity index (χ1v) is 10.5. The van der Waals surface area contributed by atoms with Gasteiger partial charge in [-0.15, -0.1) is 0 Å². The van der Waals surface area contributed by atoms with Crippen LogP contribution in [0.1, 0.15) is 17.5 Å². The van der Waals surface area contributed by atoms with Gasteiger partial charge in [-0.3, -0.25) is 9.59 Å². The van der Waals surface area contributed by atoms with E-state index in [0.29, 0.717) is 17.0 Å². The minimum atomic E-state index is -4.08. The first-order chi connectivity index (χ1) is 13.3. The smallest absolute Gasteiger partial charge is 0.228 e. The molecule has 4 rings (SSSR count). The molecule has 2 aromatic carbocycles. The third kappa shape index (κ3) is 2.56. The standard InChI is InChI=1S/C20H15ClN2O4S/c21-16-5-7-17(8-6-16)28(26,27)20-10-18(24)23(20)12-15(19(20)25)9-13-1-3-14(11-22)4-2-13/h1-8,15H,9-10,12H2. The van der Waals surface area contributed by atoms with E-state index in [2.05, 4.69) is 0 Å². The van der Waals surface area contributed by atoms with Crippen molar-refractivity contribution in [1.82, 2.24) is 4.90 Å². The number of amides is 1. The number of ketones is 1. The van der Waals surface area contributed by atoms with Gasteiger partial charge in [-0.1, -0.05) is 23.7 Å². The minimum absolute atomic E-state index is 0.0261. The zero-order valence-corrected chi connectivity index (χ0v) is 16.2. The Bertz CT molecular complexity index is 1120. The summed E-state index contributed by atoms with van der Waals surface area (Å²) in [6.07, 6.45) is -0.0210. The molecular formula is C20H15ClN2O4S. The van der Waals surface area contributed by atoms with E-state index in [9.17, 15) is 18.0 Å². The van der Waals surface area contributed by atoms with Crippen LogP contribution >= 0.6 is 11.6 Å². The van der Waals surface area contributed by atoms with E-state index in [1.807, 2.05) is 6.07 Å². The molecule has 142 valence electrons. The van der Waals surface area contributed by atoms with Crippen LogP contribution in [0.5, 0.6) is 0 Å². The summed E-state index contributed by atoms with van der Waals surface area (Å²) in [6, 6.07) is 14.4. The van der Waals surface area contributed by atoms with Gasteiger partial charge in [0, 0.05) is 17.5 Å². The van der Waals surface area contributed by atoms with E-state index in [0.717, 1.165) is 5.56 Å². The van der Waals surface area contributed by atoms with Gasteiger partial charge in [0.15, 0.2) is 5.78 Å². The SMILES string of the molecule is N#Cc1ccc(CC2CN3C(=O)CC3(S(=O)(=O)c3ccc(Cl)cc3)C2=O)cc1. The maximum atomic E-state index is 13.3. The van der Waals surface area contributed by atoms with E-state index in [4.69, 9.17) is 16.9 Å². The molecule has 2 atom stereocenters. The summed E-state index contributed by atoms with van der Waals surface area (Å²) in [4.78, 5) is 24.7. The fourth-order valence-corrected chi connectivity index (χ4v) is 6.16. The number of Topliss-reactive ketones (excluding diaryl/α,β-unsaturated/α-hetero) is 1. The van der Waals surface area contributed by atoms with Crippen molar-refractivity contribution in [2.24, 2.45) is 5.92 Å². The number of sulfone groups is 1. The lowest BCUT2D eigenvalue weighted by atomic mass is 9.92. The highest BCUT2D eigenvalue weighted by molar-refractivity contribution is 7.93. The summed E-state index contributed by atoms with van der Waals surface area (Å²) in [5.74, 6) is -1.40. The van der Waals surface area contributed by atoms with Crippen LogP contribution in [-0.2, 0) is 25.8 Å². The van der Waals surface area contributed by atoms with Crippen LogP contribution in [0.3, 0.4) is 0 Å². The number of hydrogen-bond donors (Lipinski definition) is 0. The Morgan fingerprint density at radius 1 is 1.11 bits per heavy atom. The lowest BCUT2D eigenvalue weighted by molar-refractivity contribution is -0.150. The summed E-state index contributed by atoms with van der Waals surface area (Å²) in [7, 11) is -4.08. The van der Waals surface area contributed by atoms with Gasteiger partial charge >= 0.3 is 0 Å². The molecule has 2 fully saturated rings. The van der Waals surface area contributed by atoms with E-state index >= 15 is 0 Å². The third-order valence-electron chi connectivity index (χ3n) is 5.42. The molecule has 0 radical (unpaired) electrons. The molecule has 2 saturated heterocycles. The normalized spacial score (nSPS) is 23.9. The largest absolute Gasteiger partial charge is 0.315 e. The molecule has 2 unspecified atom stereocenters. The second kappa shape index (κ2) is 6.43. The molecule has 2 aromatic rings. The molecule has 1 amide bonds. The Labute approximate surface area is 167 Å². The molecule has 0 bridgehead atoms. The number of carbonyl (C=O) groups excluding carboxylic acids is 2. The van der Waals surface area contributed by atoms with Crippen molar-refractivity contribution in [2.75, 3.05) is 6.54 Å². The summed E-state index contributed by atoms with van der Waals surface area (Å²) >= 11 is 5.84. The maximum absolute atomic E-state index is 13.3. The first-order valence-electron chi connectivity index (χ1n) is 8.63. The Hall–Kier alpha value is -2.69. The second-order valence-corrected chi connectivity index (χ2v) is 9.59.